The average Bonchev–Trinajstić information content (AvgIpc) is 2.49. The molecule has 2 aromatic rings. The molecule has 1 aromatic carbocycles. The minimum absolute atomic E-state index is 0.496. The van der Waals surface area contributed by atoms with Crippen molar-refractivity contribution in [2.75, 3.05) is 5.32 Å². The van der Waals surface area contributed by atoms with Gasteiger partial charge in [0.05, 0.1) is 11.0 Å². The average molecular weight is 287 g/mol. The van der Waals surface area contributed by atoms with Crippen molar-refractivity contribution in [1.29, 1.82) is 0 Å². The van der Waals surface area contributed by atoms with Gasteiger partial charge in [-0.25, -0.2) is 0 Å². The molecule has 0 radical (unpaired) electrons. The van der Waals surface area contributed by atoms with Crippen molar-refractivity contribution < 1.29 is 0 Å². The van der Waals surface area contributed by atoms with E-state index in [9.17, 15) is 9.59 Å². The summed E-state index contributed by atoms with van der Waals surface area (Å²) in [5.74, 6) is 0.813. The molecule has 3 N–H and O–H groups in total. The topological polar surface area (TPSA) is 77.8 Å². The Morgan fingerprint density at radius 1 is 1.14 bits per heavy atom. The highest BCUT2D eigenvalue weighted by molar-refractivity contribution is 5.78. The minimum Gasteiger partial charge on any atom is -0.382 e. The Morgan fingerprint density at radius 3 is 2.67 bits per heavy atom. The van der Waals surface area contributed by atoms with E-state index >= 15 is 0 Å². The van der Waals surface area contributed by atoms with Crippen molar-refractivity contribution in [3.63, 3.8) is 0 Å². The van der Waals surface area contributed by atoms with Gasteiger partial charge in [-0.1, -0.05) is 26.2 Å². The van der Waals surface area contributed by atoms with E-state index in [4.69, 9.17) is 0 Å². The van der Waals surface area contributed by atoms with Gasteiger partial charge < -0.3 is 15.3 Å². The highest BCUT2D eigenvalue weighted by Gasteiger charge is 2.20. The predicted octanol–water partition coefficient (Wildman–Crippen LogP) is 2.60. The second-order valence-corrected chi connectivity index (χ2v) is 5.95. The van der Waals surface area contributed by atoms with Crippen molar-refractivity contribution in [3.05, 3.63) is 38.9 Å². The van der Waals surface area contributed by atoms with Gasteiger partial charge in [-0.05, 0) is 37.0 Å². The first-order valence-corrected chi connectivity index (χ1v) is 7.68. The zero-order valence-electron chi connectivity index (χ0n) is 12.2. The van der Waals surface area contributed by atoms with Crippen LogP contribution >= 0.6 is 0 Å². The lowest BCUT2D eigenvalue weighted by Crippen LogP contribution is -2.29. The largest absolute Gasteiger partial charge is 0.382 e. The third kappa shape index (κ3) is 3.01. The lowest BCUT2D eigenvalue weighted by atomic mass is 9.84. The molecule has 5 nitrogen and oxygen atoms in total. The lowest BCUT2D eigenvalue weighted by Gasteiger charge is -2.29. The van der Waals surface area contributed by atoms with Gasteiger partial charge in [0.2, 0.25) is 0 Å². The summed E-state index contributed by atoms with van der Waals surface area (Å²) in [6.45, 7) is 2.25. The van der Waals surface area contributed by atoms with E-state index in [1.54, 1.807) is 0 Å². The summed E-state index contributed by atoms with van der Waals surface area (Å²) in [5.41, 5.74) is 1.09. The van der Waals surface area contributed by atoms with Crippen LogP contribution in [0.1, 0.15) is 39.0 Å². The molecule has 0 saturated heterocycles. The summed E-state index contributed by atoms with van der Waals surface area (Å²) in [6.07, 6.45) is 6.24. The Balaban J connectivity index is 1.82. The maximum atomic E-state index is 11.4. The maximum Gasteiger partial charge on any atom is 0.314 e. The van der Waals surface area contributed by atoms with Crippen LogP contribution < -0.4 is 16.4 Å². The van der Waals surface area contributed by atoms with Crippen LogP contribution in [-0.2, 0) is 0 Å². The second kappa shape index (κ2) is 5.76. The number of nitrogens with one attached hydrogen (secondary N) is 3. The Labute approximate surface area is 122 Å². The summed E-state index contributed by atoms with van der Waals surface area (Å²) in [6, 6.07) is 6.17. The van der Waals surface area contributed by atoms with Crippen LogP contribution in [0.4, 0.5) is 5.69 Å². The number of hydrogen-bond donors (Lipinski definition) is 3. The van der Waals surface area contributed by atoms with Gasteiger partial charge in [0.25, 0.3) is 0 Å². The van der Waals surface area contributed by atoms with Crippen LogP contribution in [0.15, 0.2) is 27.8 Å². The van der Waals surface area contributed by atoms with E-state index in [0.29, 0.717) is 17.1 Å². The van der Waals surface area contributed by atoms with Gasteiger partial charge in [0.15, 0.2) is 0 Å². The predicted molar refractivity (Wildman–Crippen MR) is 84.8 cm³/mol. The third-order valence-electron chi connectivity index (χ3n) is 4.45. The Kier molecular flexibility index (Phi) is 3.82. The van der Waals surface area contributed by atoms with Crippen molar-refractivity contribution in [3.8, 4) is 0 Å². The molecule has 21 heavy (non-hydrogen) atoms. The van der Waals surface area contributed by atoms with Crippen molar-refractivity contribution >= 4 is 16.7 Å². The van der Waals surface area contributed by atoms with Crippen LogP contribution in [0.3, 0.4) is 0 Å². The molecule has 0 aliphatic heterocycles. The Morgan fingerprint density at radius 2 is 1.90 bits per heavy atom. The summed E-state index contributed by atoms with van der Waals surface area (Å²) >= 11 is 0. The van der Waals surface area contributed by atoms with Gasteiger partial charge in [-0.3, -0.25) is 9.59 Å². The van der Waals surface area contributed by atoms with Gasteiger partial charge in [0.1, 0.15) is 0 Å². The molecular weight excluding hydrogens is 266 g/mol. The molecule has 1 aliphatic carbocycles. The molecule has 0 amide bonds. The Hall–Kier alpha value is -2.04. The third-order valence-corrected chi connectivity index (χ3v) is 4.45. The van der Waals surface area contributed by atoms with Crippen molar-refractivity contribution in [2.24, 2.45) is 5.92 Å². The lowest BCUT2D eigenvalue weighted by molar-refractivity contribution is 0.327. The van der Waals surface area contributed by atoms with Gasteiger partial charge in [-0.2, -0.15) is 0 Å². The molecule has 2 unspecified atom stereocenters. The number of aromatic nitrogens is 2. The van der Waals surface area contributed by atoms with E-state index in [0.717, 1.165) is 11.6 Å². The first kappa shape index (κ1) is 13.9. The maximum absolute atomic E-state index is 11.4. The number of benzene rings is 1. The van der Waals surface area contributed by atoms with Gasteiger partial charge in [-0.15, -0.1) is 0 Å². The zero-order valence-corrected chi connectivity index (χ0v) is 12.2. The number of anilines is 1. The van der Waals surface area contributed by atoms with E-state index in [1.165, 1.54) is 32.1 Å². The van der Waals surface area contributed by atoms with Crippen LogP contribution in [0.5, 0.6) is 0 Å². The van der Waals surface area contributed by atoms with E-state index in [2.05, 4.69) is 22.2 Å². The normalized spacial score (nSPS) is 22.3. The van der Waals surface area contributed by atoms with Crippen LogP contribution in [-0.4, -0.2) is 16.0 Å². The Bertz CT molecular complexity index is 747. The number of H-pyrrole nitrogens is 2. The fourth-order valence-corrected chi connectivity index (χ4v) is 3.23. The SMILES string of the molecule is CCC1CCCC(Nc2ccc3[nH]c(=O)c(=O)[nH]c3c2)C1. The molecule has 1 fully saturated rings. The van der Waals surface area contributed by atoms with Crippen LogP contribution in [0, 0.1) is 5.92 Å². The molecule has 0 spiro atoms. The molecular formula is C16H21N3O2. The second-order valence-electron chi connectivity index (χ2n) is 5.95. The smallest absolute Gasteiger partial charge is 0.314 e. The first-order valence-electron chi connectivity index (χ1n) is 7.68. The molecule has 5 heteroatoms. The van der Waals surface area contributed by atoms with Crippen molar-refractivity contribution in [1.82, 2.24) is 9.97 Å². The quantitative estimate of drug-likeness (QED) is 0.759. The molecule has 112 valence electrons. The summed E-state index contributed by atoms with van der Waals surface area (Å²) in [4.78, 5) is 27.9. The summed E-state index contributed by atoms with van der Waals surface area (Å²) in [7, 11) is 0. The summed E-state index contributed by atoms with van der Waals surface area (Å²) in [5, 5.41) is 3.56. The fourth-order valence-electron chi connectivity index (χ4n) is 3.23. The van der Waals surface area contributed by atoms with Gasteiger partial charge >= 0.3 is 11.1 Å². The first-order chi connectivity index (χ1) is 10.2. The molecule has 0 bridgehead atoms. The monoisotopic (exact) mass is 287 g/mol. The number of fused-ring (bicyclic) bond motifs is 1. The van der Waals surface area contributed by atoms with Gasteiger partial charge in [0, 0.05) is 11.7 Å². The van der Waals surface area contributed by atoms with Crippen molar-refractivity contribution in [2.45, 2.75) is 45.1 Å². The number of rotatable bonds is 3. The molecule has 2 atom stereocenters. The van der Waals surface area contributed by atoms with Crippen LogP contribution in [0.2, 0.25) is 0 Å². The van der Waals surface area contributed by atoms with E-state index < -0.39 is 11.1 Å². The highest BCUT2D eigenvalue weighted by atomic mass is 16.2. The van der Waals surface area contributed by atoms with Crippen LogP contribution in [0.25, 0.3) is 11.0 Å². The zero-order chi connectivity index (χ0) is 14.8. The molecule has 1 aliphatic rings. The molecule has 3 rings (SSSR count). The minimum atomic E-state index is -0.610. The highest BCUT2D eigenvalue weighted by Crippen LogP contribution is 2.29. The fraction of sp³-hybridized carbons (Fsp3) is 0.500. The number of aromatic amines is 2. The molecule has 1 heterocycles. The number of hydrogen-bond acceptors (Lipinski definition) is 3. The molecule has 1 saturated carbocycles. The molecule has 1 aromatic heterocycles. The summed E-state index contributed by atoms with van der Waals surface area (Å²) < 4.78 is 0. The van der Waals surface area contributed by atoms with E-state index in [-0.39, 0.29) is 0 Å². The standard InChI is InChI=1S/C16H21N3O2/c1-2-10-4-3-5-11(8-10)17-12-6-7-13-14(9-12)19-16(21)15(20)18-13/h6-7,9-11,17H,2-5,8H2,1H3,(H,18,20)(H,19,21). The van der Waals surface area contributed by atoms with E-state index in [1.807, 2.05) is 18.2 Å².